The van der Waals surface area contributed by atoms with Crippen LogP contribution in [-0.2, 0) is 0 Å². The number of likely N-dealkylation sites (tertiary alicyclic amines) is 1. The lowest BCUT2D eigenvalue weighted by molar-refractivity contribution is 0.128. The van der Waals surface area contributed by atoms with Crippen molar-refractivity contribution >= 4 is 6.03 Å². The number of aryl methyl sites for hydroxylation is 1. The average Bonchev–Trinajstić information content (AvgIpc) is 2.47. The van der Waals surface area contributed by atoms with E-state index in [1.54, 1.807) is 0 Å². The predicted molar refractivity (Wildman–Crippen MR) is 79.5 cm³/mol. The maximum Gasteiger partial charge on any atom is 0.317 e. The van der Waals surface area contributed by atoms with Gasteiger partial charge >= 0.3 is 6.03 Å². The Morgan fingerprint density at radius 3 is 2.80 bits per heavy atom. The minimum atomic E-state index is -0.0313. The molecule has 0 aromatic heterocycles. The number of rotatable bonds is 3. The second kappa shape index (κ2) is 6.75. The molecule has 1 aliphatic heterocycles. The molecule has 4 heteroatoms. The van der Waals surface area contributed by atoms with E-state index in [4.69, 9.17) is 0 Å². The molecular weight excluding hydrogens is 252 g/mol. The van der Waals surface area contributed by atoms with Gasteiger partial charge in [-0.1, -0.05) is 29.8 Å². The second-order valence-electron chi connectivity index (χ2n) is 5.72. The lowest BCUT2D eigenvalue weighted by atomic mass is 9.99. The summed E-state index contributed by atoms with van der Waals surface area (Å²) in [5.41, 5.74) is 2.33. The summed E-state index contributed by atoms with van der Waals surface area (Å²) in [6.45, 7) is 5.65. The van der Waals surface area contributed by atoms with Crippen LogP contribution in [0.15, 0.2) is 24.3 Å². The van der Waals surface area contributed by atoms with Crippen LogP contribution in [0.1, 0.15) is 36.9 Å². The van der Waals surface area contributed by atoms with Crippen LogP contribution in [0.25, 0.3) is 0 Å². The smallest absolute Gasteiger partial charge is 0.317 e. The maximum atomic E-state index is 12.2. The minimum absolute atomic E-state index is 0.00222. The average molecular weight is 276 g/mol. The SMILES string of the molecule is Cc1ccc(C(C)NC(=O)N2CCCC(CO)C2)cc1. The highest BCUT2D eigenvalue weighted by molar-refractivity contribution is 5.74. The molecule has 0 saturated carbocycles. The minimum Gasteiger partial charge on any atom is -0.396 e. The monoisotopic (exact) mass is 276 g/mol. The van der Waals surface area contributed by atoms with Gasteiger partial charge in [-0.25, -0.2) is 4.79 Å². The van der Waals surface area contributed by atoms with Gasteiger partial charge < -0.3 is 15.3 Å². The molecule has 2 unspecified atom stereocenters. The lowest BCUT2D eigenvalue weighted by Gasteiger charge is -2.32. The van der Waals surface area contributed by atoms with Crippen molar-refractivity contribution in [3.8, 4) is 0 Å². The van der Waals surface area contributed by atoms with E-state index in [1.807, 2.05) is 24.0 Å². The highest BCUT2D eigenvalue weighted by Crippen LogP contribution is 2.18. The van der Waals surface area contributed by atoms with Gasteiger partial charge in [-0.15, -0.1) is 0 Å². The third-order valence-corrected chi connectivity index (χ3v) is 3.98. The molecule has 0 aliphatic carbocycles. The van der Waals surface area contributed by atoms with Crippen molar-refractivity contribution in [2.24, 2.45) is 5.92 Å². The molecule has 1 aromatic carbocycles. The van der Waals surface area contributed by atoms with Crippen LogP contribution in [0.3, 0.4) is 0 Å². The van der Waals surface area contributed by atoms with Crippen molar-refractivity contribution in [3.05, 3.63) is 35.4 Å². The zero-order valence-corrected chi connectivity index (χ0v) is 12.3. The Kier molecular flexibility index (Phi) is 5.01. The topological polar surface area (TPSA) is 52.6 Å². The van der Waals surface area contributed by atoms with Gasteiger partial charge in [0.05, 0.1) is 6.04 Å². The maximum absolute atomic E-state index is 12.2. The fourth-order valence-corrected chi connectivity index (χ4v) is 2.61. The zero-order valence-electron chi connectivity index (χ0n) is 12.3. The number of benzene rings is 1. The van der Waals surface area contributed by atoms with Gasteiger partial charge in [0.2, 0.25) is 0 Å². The number of piperidine rings is 1. The van der Waals surface area contributed by atoms with E-state index < -0.39 is 0 Å². The summed E-state index contributed by atoms with van der Waals surface area (Å²) in [7, 11) is 0. The first-order valence-electron chi connectivity index (χ1n) is 7.33. The molecule has 4 nitrogen and oxygen atoms in total. The Labute approximate surface area is 120 Å². The first-order chi connectivity index (χ1) is 9.60. The van der Waals surface area contributed by atoms with E-state index in [2.05, 4.69) is 24.4 Å². The standard InChI is InChI=1S/C16H24N2O2/c1-12-5-7-15(8-6-12)13(2)17-16(20)18-9-3-4-14(10-18)11-19/h5-8,13-14,19H,3-4,9-11H2,1-2H3,(H,17,20). The van der Waals surface area contributed by atoms with Crippen LogP contribution in [0.2, 0.25) is 0 Å². The summed E-state index contributed by atoms with van der Waals surface area (Å²) in [5, 5.41) is 12.3. The van der Waals surface area contributed by atoms with E-state index in [9.17, 15) is 9.90 Å². The summed E-state index contributed by atoms with van der Waals surface area (Å²) in [6, 6.07) is 8.18. The summed E-state index contributed by atoms with van der Waals surface area (Å²) in [6.07, 6.45) is 1.98. The van der Waals surface area contributed by atoms with Crippen molar-refractivity contribution in [1.82, 2.24) is 10.2 Å². The first-order valence-corrected chi connectivity index (χ1v) is 7.33. The number of aliphatic hydroxyl groups is 1. The quantitative estimate of drug-likeness (QED) is 0.891. The third-order valence-electron chi connectivity index (χ3n) is 3.98. The summed E-state index contributed by atoms with van der Waals surface area (Å²) in [4.78, 5) is 14.1. The number of carbonyl (C=O) groups is 1. The first kappa shape index (κ1) is 14.9. The van der Waals surface area contributed by atoms with Gasteiger partial charge in [-0.3, -0.25) is 0 Å². The Bertz CT molecular complexity index is 444. The molecule has 2 amide bonds. The fraction of sp³-hybridized carbons (Fsp3) is 0.562. The molecule has 2 rings (SSSR count). The molecule has 1 saturated heterocycles. The van der Waals surface area contributed by atoms with Gasteiger partial charge in [0.1, 0.15) is 0 Å². The van der Waals surface area contributed by atoms with E-state index >= 15 is 0 Å². The molecular formula is C16H24N2O2. The molecule has 110 valence electrons. The number of nitrogens with zero attached hydrogens (tertiary/aromatic N) is 1. The largest absolute Gasteiger partial charge is 0.396 e. The van der Waals surface area contributed by atoms with E-state index in [0.29, 0.717) is 6.54 Å². The normalized spacial score (nSPS) is 20.6. The predicted octanol–water partition coefficient (Wildman–Crippen LogP) is 2.47. The summed E-state index contributed by atoms with van der Waals surface area (Å²) < 4.78 is 0. The highest BCUT2D eigenvalue weighted by atomic mass is 16.3. The van der Waals surface area contributed by atoms with Crippen LogP contribution in [0.4, 0.5) is 4.79 Å². The summed E-state index contributed by atoms with van der Waals surface area (Å²) >= 11 is 0. The summed E-state index contributed by atoms with van der Waals surface area (Å²) in [5.74, 6) is 0.226. The van der Waals surface area contributed by atoms with Crippen molar-refractivity contribution in [1.29, 1.82) is 0 Å². The van der Waals surface area contributed by atoms with Gasteiger partial charge in [0.15, 0.2) is 0 Å². The molecule has 0 bridgehead atoms. The number of urea groups is 1. The highest BCUT2D eigenvalue weighted by Gasteiger charge is 2.24. The molecule has 1 aliphatic rings. The van der Waals surface area contributed by atoms with Crippen molar-refractivity contribution in [2.75, 3.05) is 19.7 Å². The molecule has 20 heavy (non-hydrogen) atoms. The Hall–Kier alpha value is -1.55. The number of hydrogen-bond donors (Lipinski definition) is 2. The number of amides is 2. The number of hydrogen-bond acceptors (Lipinski definition) is 2. The molecule has 1 aromatic rings. The third kappa shape index (κ3) is 3.73. The van der Waals surface area contributed by atoms with E-state index in [-0.39, 0.29) is 24.6 Å². The van der Waals surface area contributed by atoms with Gasteiger partial charge in [-0.2, -0.15) is 0 Å². The number of carbonyl (C=O) groups excluding carboxylic acids is 1. The zero-order chi connectivity index (χ0) is 14.5. The van der Waals surface area contributed by atoms with Gasteiger partial charge in [0.25, 0.3) is 0 Å². The molecule has 0 spiro atoms. The van der Waals surface area contributed by atoms with Crippen molar-refractivity contribution in [3.63, 3.8) is 0 Å². The van der Waals surface area contributed by atoms with Gasteiger partial charge in [-0.05, 0) is 38.2 Å². The number of nitrogens with one attached hydrogen (secondary N) is 1. The molecule has 0 radical (unpaired) electrons. The van der Waals surface area contributed by atoms with Crippen LogP contribution in [0.5, 0.6) is 0 Å². The molecule has 2 atom stereocenters. The van der Waals surface area contributed by atoms with Crippen molar-refractivity contribution < 1.29 is 9.90 Å². The lowest BCUT2D eigenvalue weighted by Crippen LogP contribution is -2.46. The molecule has 2 N–H and O–H groups in total. The van der Waals surface area contributed by atoms with Gasteiger partial charge in [0, 0.05) is 19.7 Å². The molecule has 1 heterocycles. The molecule has 1 fully saturated rings. The van der Waals surface area contributed by atoms with Crippen LogP contribution in [0, 0.1) is 12.8 Å². The Morgan fingerprint density at radius 1 is 1.45 bits per heavy atom. The van der Waals surface area contributed by atoms with Crippen LogP contribution >= 0.6 is 0 Å². The van der Waals surface area contributed by atoms with Crippen molar-refractivity contribution in [2.45, 2.75) is 32.7 Å². The second-order valence-corrected chi connectivity index (χ2v) is 5.72. The van der Waals surface area contributed by atoms with Crippen LogP contribution < -0.4 is 5.32 Å². The van der Waals surface area contributed by atoms with E-state index in [0.717, 1.165) is 24.9 Å². The number of aliphatic hydroxyl groups excluding tert-OH is 1. The Morgan fingerprint density at radius 2 is 2.15 bits per heavy atom. The van der Waals surface area contributed by atoms with E-state index in [1.165, 1.54) is 5.56 Å². The van der Waals surface area contributed by atoms with Crippen LogP contribution in [-0.4, -0.2) is 35.7 Å². The fourth-order valence-electron chi connectivity index (χ4n) is 2.61. The Balaban J connectivity index is 1.91.